The van der Waals surface area contributed by atoms with Crippen LogP contribution in [0, 0.1) is 21.4 Å². The molecule has 26 heavy (non-hydrogen) atoms. The quantitative estimate of drug-likeness (QED) is 0.550. The van der Waals surface area contributed by atoms with Crippen molar-refractivity contribution in [2.24, 2.45) is 0 Å². The molecule has 0 aromatic heterocycles. The number of sulfonamides is 1. The topological polar surface area (TPSA) is 113 Å². The number of benzene rings is 3. The van der Waals surface area contributed by atoms with E-state index in [-0.39, 0.29) is 17.1 Å². The van der Waals surface area contributed by atoms with Crippen molar-refractivity contribution in [3.8, 4) is 6.07 Å². The highest BCUT2D eigenvalue weighted by Gasteiger charge is 2.15. The lowest BCUT2D eigenvalue weighted by Gasteiger charge is -2.08. The molecule has 7 nitrogen and oxygen atoms in total. The van der Waals surface area contributed by atoms with Gasteiger partial charge in [-0.3, -0.25) is 10.1 Å². The normalized spacial score (nSPS) is 11.2. The van der Waals surface area contributed by atoms with Crippen molar-refractivity contribution in [1.82, 2.24) is 4.72 Å². The molecule has 0 unspecified atom stereocenters. The van der Waals surface area contributed by atoms with Crippen molar-refractivity contribution in [1.29, 1.82) is 5.26 Å². The Hall–Kier alpha value is -3.28. The predicted octanol–water partition coefficient (Wildman–Crippen LogP) is 3.10. The van der Waals surface area contributed by atoms with Crippen molar-refractivity contribution in [2.75, 3.05) is 0 Å². The summed E-state index contributed by atoms with van der Waals surface area (Å²) in [5.74, 6) is 0. The van der Waals surface area contributed by atoms with Gasteiger partial charge in [-0.2, -0.15) is 5.26 Å². The number of nitro benzene ring substituents is 1. The van der Waals surface area contributed by atoms with E-state index < -0.39 is 14.9 Å². The van der Waals surface area contributed by atoms with Crippen LogP contribution >= 0.6 is 0 Å². The van der Waals surface area contributed by atoms with Gasteiger partial charge in [0, 0.05) is 18.7 Å². The van der Waals surface area contributed by atoms with Gasteiger partial charge in [0.25, 0.3) is 5.69 Å². The average molecular weight is 367 g/mol. The van der Waals surface area contributed by atoms with Gasteiger partial charge < -0.3 is 0 Å². The minimum atomic E-state index is -3.79. The molecule has 3 rings (SSSR count). The number of hydrogen-bond acceptors (Lipinski definition) is 5. The third kappa shape index (κ3) is 3.69. The van der Waals surface area contributed by atoms with E-state index in [0.717, 1.165) is 28.5 Å². The summed E-state index contributed by atoms with van der Waals surface area (Å²) in [6.45, 7) is 0.0615. The predicted molar refractivity (Wildman–Crippen MR) is 95.8 cm³/mol. The number of nitrogens with zero attached hydrogens (tertiary/aromatic N) is 2. The fourth-order valence-electron chi connectivity index (χ4n) is 2.48. The molecule has 3 aromatic rings. The van der Waals surface area contributed by atoms with E-state index in [1.54, 1.807) is 18.2 Å². The molecule has 3 aromatic carbocycles. The van der Waals surface area contributed by atoms with Crippen LogP contribution < -0.4 is 4.72 Å². The second kappa shape index (κ2) is 6.92. The summed E-state index contributed by atoms with van der Waals surface area (Å²) in [7, 11) is -3.79. The van der Waals surface area contributed by atoms with Crippen LogP contribution in [0.3, 0.4) is 0 Å². The van der Waals surface area contributed by atoms with Crippen LogP contribution in [-0.4, -0.2) is 13.3 Å². The van der Waals surface area contributed by atoms with Crippen LogP contribution in [0.15, 0.2) is 65.6 Å². The maximum Gasteiger partial charge on any atom is 0.269 e. The molecular formula is C18H13N3O4S. The van der Waals surface area contributed by atoms with E-state index in [2.05, 4.69) is 10.8 Å². The first-order chi connectivity index (χ1) is 12.4. The maximum atomic E-state index is 12.3. The number of rotatable bonds is 5. The van der Waals surface area contributed by atoms with Gasteiger partial charge in [0.2, 0.25) is 10.0 Å². The number of nitriles is 1. The fourth-order valence-corrected chi connectivity index (χ4v) is 3.50. The zero-order chi connectivity index (χ0) is 18.7. The number of hydrogen-bond donors (Lipinski definition) is 1. The second-order valence-corrected chi connectivity index (χ2v) is 7.35. The van der Waals surface area contributed by atoms with Crippen LogP contribution in [0.1, 0.15) is 11.1 Å². The van der Waals surface area contributed by atoms with E-state index in [1.807, 2.05) is 18.2 Å². The standard InChI is InChI=1S/C18H13N3O4S/c19-11-13-1-3-15-4-2-14(10-16(15)9-13)12-20-26(24,25)18-7-5-17(6-8-18)21(22)23/h1-10,20H,12H2. The highest BCUT2D eigenvalue weighted by Crippen LogP contribution is 2.19. The third-order valence-electron chi connectivity index (χ3n) is 3.86. The molecule has 0 saturated heterocycles. The van der Waals surface area contributed by atoms with Gasteiger partial charge >= 0.3 is 0 Å². The minimum absolute atomic E-state index is 0.0457. The van der Waals surface area contributed by atoms with Gasteiger partial charge in [-0.25, -0.2) is 13.1 Å². The van der Waals surface area contributed by atoms with E-state index in [9.17, 15) is 18.5 Å². The van der Waals surface area contributed by atoms with Crippen LogP contribution in [0.4, 0.5) is 5.69 Å². The highest BCUT2D eigenvalue weighted by molar-refractivity contribution is 7.89. The number of fused-ring (bicyclic) bond motifs is 1. The van der Waals surface area contributed by atoms with Crippen LogP contribution in [-0.2, 0) is 16.6 Å². The van der Waals surface area contributed by atoms with Crippen LogP contribution in [0.5, 0.6) is 0 Å². The summed E-state index contributed by atoms with van der Waals surface area (Å²) in [6.07, 6.45) is 0. The van der Waals surface area contributed by atoms with Crippen LogP contribution in [0.25, 0.3) is 10.8 Å². The van der Waals surface area contributed by atoms with Gasteiger partial charge in [-0.1, -0.05) is 18.2 Å². The summed E-state index contributed by atoms with van der Waals surface area (Å²) in [4.78, 5) is 10.0. The number of non-ortho nitro benzene ring substituents is 1. The Bertz CT molecular complexity index is 1130. The Morgan fingerprint density at radius 2 is 1.69 bits per heavy atom. The largest absolute Gasteiger partial charge is 0.269 e. The molecule has 0 radical (unpaired) electrons. The summed E-state index contributed by atoms with van der Waals surface area (Å²) in [5.41, 5.74) is 1.09. The molecule has 0 aliphatic heterocycles. The monoisotopic (exact) mass is 367 g/mol. The lowest BCUT2D eigenvalue weighted by Crippen LogP contribution is -2.23. The van der Waals surface area contributed by atoms with Crippen molar-refractivity contribution in [3.05, 3.63) is 81.9 Å². The lowest BCUT2D eigenvalue weighted by molar-refractivity contribution is -0.384. The van der Waals surface area contributed by atoms with Crippen molar-refractivity contribution in [3.63, 3.8) is 0 Å². The van der Waals surface area contributed by atoms with Crippen LogP contribution in [0.2, 0.25) is 0 Å². The molecule has 0 bridgehead atoms. The van der Waals surface area contributed by atoms with E-state index >= 15 is 0 Å². The Labute approximate surface area is 149 Å². The van der Waals surface area contributed by atoms with E-state index in [4.69, 9.17) is 5.26 Å². The van der Waals surface area contributed by atoms with Crippen molar-refractivity contribution < 1.29 is 13.3 Å². The lowest BCUT2D eigenvalue weighted by atomic mass is 10.0. The SMILES string of the molecule is N#Cc1ccc2ccc(CNS(=O)(=O)c3ccc([N+](=O)[O-])cc3)cc2c1. The molecule has 0 aliphatic carbocycles. The summed E-state index contributed by atoms with van der Waals surface area (Å²) in [6, 6.07) is 17.5. The molecule has 0 aliphatic rings. The molecule has 0 atom stereocenters. The Morgan fingerprint density at radius 1 is 1.00 bits per heavy atom. The fraction of sp³-hybridized carbons (Fsp3) is 0.0556. The molecular weight excluding hydrogens is 354 g/mol. The molecule has 0 spiro atoms. The number of nitrogens with one attached hydrogen (secondary N) is 1. The zero-order valence-corrected chi connectivity index (χ0v) is 14.2. The van der Waals surface area contributed by atoms with Crippen molar-refractivity contribution >= 4 is 26.5 Å². The summed E-state index contributed by atoms with van der Waals surface area (Å²) < 4.78 is 27.1. The zero-order valence-electron chi connectivity index (χ0n) is 13.4. The smallest absolute Gasteiger partial charge is 0.258 e. The number of nitro groups is 1. The first-order valence-electron chi connectivity index (χ1n) is 7.56. The third-order valence-corrected chi connectivity index (χ3v) is 5.28. The molecule has 1 N–H and O–H groups in total. The summed E-state index contributed by atoms with van der Waals surface area (Å²) >= 11 is 0. The second-order valence-electron chi connectivity index (χ2n) is 5.58. The van der Waals surface area contributed by atoms with Crippen molar-refractivity contribution in [2.45, 2.75) is 11.4 Å². The molecule has 0 saturated carbocycles. The molecule has 130 valence electrons. The molecule has 0 amide bonds. The van der Waals surface area contributed by atoms with Gasteiger partial charge in [0.1, 0.15) is 0 Å². The average Bonchev–Trinajstić information content (AvgIpc) is 2.65. The van der Waals surface area contributed by atoms with E-state index in [1.165, 1.54) is 12.1 Å². The van der Waals surface area contributed by atoms with Gasteiger partial charge in [0.15, 0.2) is 0 Å². The summed E-state index contributed by atoms with van der Waals surface area (Å²) in [5, 5.41) is 21.4. The molecule has 8 heteroatoms. The van der Waals surface area contributed by atoms with E-state index in [0.29, 0.717) is 5.56 Å². The maximum absolute atomic E-state index is 12.3. The first kappa shape index (κ1) is 17.5. The van der Waals surface area contributed by atoms with Gasteiger partial charge in [-0.05, 0) is 46.7 Å². The molecule has 0 heterocycles. The molecule has 0 fully saturated rings. The Kier molecular flexibility index (Phi) is 4.67. The first-order valence-corrected chi connectivity index (χ1v) is 9.04. The van der Waals surface area contributed by atoms with Gasteiger partial charge in [-0.15, -0.1) is 0 Å². The minimum Gasteiger partial charge on any atom is -0.258 e. The van der Waals surface area contributed by atoms with Gasteiger partial charge in [0.05, 0.1) is 21.5 Å². The highest BCUT2D eigenvalue weighted by atomic mass is 32.2. The Balaban J connectivity index is 1.79. The Morgan fingerprint density at radius 3 is 2.35 bits per heavy atom.